The number of anilines is 1. The quantitative estimate of drug-likeness (QED) is 0.690. The van der Waals surface area contributed by atoms with Crippen molar-refractivity contribution < 1.29 is 14.3 Å². The number of alkyl carbamates (subject to hydrolysis) is 1. The number of nitrogen functional groups attached to an aromatic ring is 1. The van der Waals surface area contributed by atoms with E-state index in [1.165, 1.54) is 7.11 Å². The highest BCUT2D eigenvalue weighted by atomic mass is 16.5. The van der Waals surface area contributed by atoms with Gasteiger partial charge in [-0.3, -0.25) is 9.89 Å². The molecule has 1 aromatic heterocycles. The first-order chi connectivity index (χ1) is 9.02. The number of carbonyl (C=O) groups is 2. The fraction of sp³-hybridized carbons (Fsp3) is 0.545. The summed E-state index contributed by atoms with van der Waals surface area (Å²) in [6.45, 7) is 2.74. The molecule has 1 unspecified atom stereocenters. The average Bonchev–Trinajstić information content (AvgIpc) is 2.98. The third kappa shape index (κ3) is 2.61. The molecule has 0 aliphatic carbocycles. The van der Waals surface area contributed by atoms with E-state index in [2.05, 4.69) is 20.3 Å². The highest BCUT2D eigenvalue weighted by Gasteiger charge is 2.30. The number of nitrogens with zero attached hydrogens (tertiary/aromatic N) is 2. The first-order valence-electron chi connectivity index (χ1n) is 5.97. The SMILES string of the molecule is COC(=O)NC1CCN(C(=O)c2n[nH]c(C)c2N)C1. The Morgan fingerprint density at radius 3 is 2.89 bits per heavy atom. The van der Waals surface area contributed by atoms with Crippen LogP contribution < -0.4 is 11.1 Å². The van der Waals surface area contributed by atoms with Crippen molar-refractivity contribution >= 4 is 17.7 Å². The summed E-state index contributed by atoms with van der Waals surface area (Å²) in [5.74, 6) is -0.226. The zero-order valence-corrected chi connectivity index (χ0v) is 10.9. The van der Waals surface area contributed by atoms with Gasteiger partial charge in [-0.1, -0.05) is 0 Å². The van der Waals surface area contributed by atoms with Crippen LogP contribution in [0.2, 0.25) is 0 Å². The number of methoxy groups -OCH3 is 1. The molecule has 8 nitrogen and oxygen atoms in total. The molecule has 8 heteroatoms. The first-order valence-corrected chi connectivity index (χ1v) is 5.97. The lowest BCUT2D eigenvalue weighted by Crippen LogP contribution is -2.38. The number of nitrogens with two attached hydrogens (primary N) is 1. The summed E-state index contributed by atoms with van der Waals surface area (Å²) in [7, 11) is 1.31. The molecule has 1 aliphatic heterocycles. The van der Waals surface area contributed by atoms with Crippen molar-refractivity contribution in [3.63, 3.8) is 0 Å². The number of carbonyl (C=O) groups excluding carboxylic acids is 2. The van der Waals surface area contributed by atoms with Crippen LogP contribution in [-0.2, 0) is 4.74 Å². The molecule has 0 bridgehead atoms. The van der Waals surface area contributed by atoms with E-state index >= 15 is 0 Å². The maximum atomic E-state index is 12.2. The molecule has 2 amide bonds. The molecule has 0 spiro atoms. The van der Waals surface area contributed by atoms with Gasteiger partial charge in [0.15, 0.2) is 5.69 Å². The van der Waals surface area contributed by atoms with Crippen LogP contribution in [0.5, 0.6) is 0 Å². The van der Waals surface area contributed by atoms with Gasteiger partial charge in [0.25, 0.3) is 5.91 Å². The van der Waals surface area contributed by atoms with Gasteiger partial charge >= 0.3 is 6.09 Å². The van der Waals surface area contributed by atoms with Gasteiger partial charge in [0.2, 0.25) is 0 Å². The van der Waals surface area contributed by atoms with E-state index in [1.54, 1.807) is 11.8 Å². The van der Waals surface area contributed by atoms with Crippen molar-refractivity contribution in [1.29, 1.82) is 0 Å². The molecular formula is C11H17N5O3. The molecule has 0 saturated carbocycles. The minimum absolute atomic E-state index is 0.0994. The number of likely N-dealkylation sites (tertiary alicyclic amines) is 1. The van der Waals surface area contributed by atoms with E-state index in [0.717, 1.165) is 0 Å². The lowest BCUT2D eigenvalue weighted by atomic mass is 10.3. The van der Waals surface area contributed by atoms with Gasteiger partial charge in [-0.2, -0.15) is 5.10 Å². The highest BCUT2D eigenvalue weighted by molar-refractivity contribution is 5.97. The minimum Gasteiger partial charge on any atom is -0.453 e. The average molecular weight is 267 g/mol. The number of rotatable bonds is 2. The smallest absolute Gasteiger partial charge is 0.407 e. The monoisotopic (exact) mass is 267 g/mol. The molecule has 19 heavy (non-hydrogen) atoms. The summed E-state index contributed by atoms with van der Waals surface area (Å²) < 4.78 is 4.52. The summed E-state index contributed by atoms with van der Waals surface area (Å²) in [6.07, 6.45) is 0.193. The number of H-pyrrole nitrogens is 1. The predicted octanol–water partition coefficient (Wildman–Crippen LogP) is -0.129. The van der Waals surface area contributed by atoms with Crippen LogP contribution in [0, 0.1) is 6.92 Å². The lowest BCUT2D eigenvalue weighted by Gasteiger charge is -2.15. The Labute approximate surface area is 110 Å². The van der Waals surface area contributed by atoms with E-state index in [1.807, 2.05) is 0 Å². The Kier molecular flexibility index (Phi) is 3.59. The number of amides is 2. The molecular weight excluding hydrogens is 250 g/mol. The maximum Gasteiger partial charge on any atom is 0.407 e. The molecule has 2 rings (SSSR count). The summed E-state index contributed by atoms with van der Waals surface area (Å²) in [4.78, 5) is 24.9. The van der Waals surface area contributed by atoms with Gasteiger partial charge in [0, 0.05) is 13.1 Å². The Balaban J connectivity index is 1.99. The number of aromatic nitrogens is 2. The number of aryl methyl sites for hydroxylation is 1. The number of nitrogens with one attached hydrogen (secondary N) is 2. The fourth-order valence-corrected chi connectivity index (χ4v) is 2.04. The van der Waals surface area contributed by atoms with Crippen molar-refractivity contribution in [3.8, 4) is 0 Å². The summed E-state index contributed by atoms with van der Waals surface area (Å²) in [5, 5.41) is 9.26. The fourth-order valence-electron chi connectivity index (χ4n) is 2.04. The molecule has 4 N–H and O–H groups in total. The van der Waals surface area contributed by atoms with Crippen molar-refractivity contribution in [2.24, 2.45) is 0 Å². The summed E-state index contributed by atoms with van der Waals surface area (Å²) in [6, 6.07) is -0.0994. The van der Waals surface area contributed by atoms with Crippen molar-refractivity contribution in [1.82, 2.24) is 20.4 Å². The third-order valence-corrected chi connectivity index (χ3v) is 3.18. The summed E-state index contributed by atoms with van der Waals surface area (Å²) in [5.41, 5.74) is 7.05. The Hall–Kier alpha value is -2.25. The van der Waals surface area contributed by atoms with Crippen LogP contribution in [0.1, 0.15) is 22.6 Å². The van der Waals surface area contributed by atoms with Gasteiger partial charge in [-0.25, -0.2) is 4.79 Å². The lowest BCUT2D eigenvalue weighted by molar-refractivity contribution is 0.0783. The molecule has 1 atom stereocenters. The minimum atomic E-state index is -0.491. The second kappa shape index (κ2) is 5.17. The van der Waals surface area contributed by atoms with Gasteiger partial charge in [-0.15, -0.1) is 0 Å². The van der Waals surface area contributed by atoms with Crippen LogP contribution in [-0.4, -0.2) is 53.3 Å². The third-order valence-electron chi connectivity index (χ3n) is 3.18. The van der Waals surface area contributed by atoms with Crippen LogP contribution in [0.3, 0.4) is 0 Å². The van der Waals surface area contributed by atoms with E-state index in [-0.39, 0.29) is 17.6 Å². The number of aromatic amines is 1. The molecule has 1 aliphatic rings. The molecule has 0 radical (unpaired) electrons. The maximum absolute atomic E-state index is 12.2. The molecule has 0 aromatic carbocycles. The van der Waals surface area contributed by atoms with Crippen LogP contribution >= 0.6 is 0 Å². The van der Waals surface area contributed by atoms with Gasteiger partial charge in [0.1, 0.15) is 0 Å². The summed E-state index contributed by atoms with van der Waals surface area (Å²) >= 11 is 0. The largest absolute Gasteiger partial charge is 0.453 e. The second-order valence-electron chi connectivity index (χ2n) is 4.48. The highest BCUT2D eigenvalue weighted by Crippen LogP contribution is 2.18. The molecule has 1 aromatic rings. The van der Waals surface area contributed by atoms with Gasteiger partial charge in [-0.05, 0) is 13.3 Å². The van der Waals surface area contributed by atoms with E-state index < -0.39 is 6.09 Å². The Bertz CT molecular complexity index is 499. The predicted molar refractivity (Wildman–Crippen MR) is 67.6 cm³/mol. The van der Waals surface area contributed by atoms with E-state index in [4.69, 9.17) is 5.73 Å². The topological polar surface area (TPSA) is 113 Å². The zero-order chi connectivity index (χ0) is 14.0. The van der Waals surface area contributed by atoms with Crippen molar-refractivity contribution in [2.75, 3.05) is 25.9 Å². The van der Waals surface area contributed by atoms with Gasteiger partial charge < -0.3 is 20.7 Å². The van der Waals surface area contributed by atoms with Gasteiger partial charge in [0.05, 0.1) is 24.5 Å². The Morgan fingerprint density at radius 1 is 1.58 bits per heavy atom. The second-order valence-corrected chi connectivity index (χ2v) is 4.48. The van der Waals surface area contributed by atoms with Crippen molar-refractivity contribution in [3.05, 3.63) is 11.4 Å². The van der Waals surface area contributed by atoms with E-state index in [9.17, 15) is 9.59 Å². The number of hydrogen-bond donors (Lipinski definition) is 3. The normalized spacial score (nSPS) is 18.4. The van der Waals surface area contributed by atoms with E-state index in [0.29, 0.717) is 30.9 Å². The molecule has 2 heterocycles. The first kappa shape index (κ1) is 13.2. The molecule has 104 valence electrons. The van der Waals surface area contributed by atoms with Crippen molar-refractivity contribution in [2.45, 2.75) is 19.4 Å². The molecule has 1 saturated heterocycles. The van der Waals surface area contributed by atoms with Crippen LogP contribution in [0.25, 0.3) is 0 Å². The Morgan fingerprint density at radius 2 is 2.32 bits per heavy atom. The van der Waals surface area contributed by atoms with Crippen LogP contribution in [0.4, 0.5) is 10.5 Å². The molecule has 1 fully saturated rings. The standard InChI is InChI=1S/C11H17N5O3/c1-6-8(12)9(15-14-6)10(17)16-4-3-7(5-16)13-11(18)19-2/h7H,3-5,12H2,1-2H3,(H,13,18)(H,14,15). The zero-order valence-electron chi connectivity index (χ0n) is 10.9. The number of ether oxygens (including phenoxy) is 1. The number of hydrogen-bond acceptors (Lipinski definition) is 5. The van der Waals surface area contributed by atoms with Crippen LogP contribution in [0.15, 0.2) is 0 Å².